The molecule has 7 heteroatoms. The van der Waals surface area contributed by atoms with Crippen LogP contribution in [0.1, 0.15) is 12.5 Å². The summed E-state index contributed by atoms with van der Waals surface area (Å²) in [6.45, 7) is 2.02. The van der Waals surface area contributed by atoms with Gasteiger partial charge in [0.2, 0.25) is 0 Å². The van der Waals surface area contributed by atoms with E-state index in [4.69, 9.17) is 15.7 Å². The van der Waals surface area contributed by atoms with Crippen molar-refractivity contribution in [2.45, 2.75) is 6.92 Å². The molecule has 0 unspecified atom stereocenters. The molecule has 0 atom stereocenters. The molecular weight excluding hydrogens is 290 g/mol. The van der Waals surface area contributed by atoms with E-state index in [1.165, 1.54) is 0 Å². The topological polar surface area (TPSA) is 96.9 Å². The van der Waals surface area contributed by atoms with Crippen molar-refractivity contribution in [2.75, 3.05) is 11.9 Å². The third kappa shape index (κ3) is 3.63. The summed E-state index contributed by atoms with van der Waals surface area (Å²) >= 11 is 3.26. The number of hydrogen-bond donors (Lipinski definition) is 3. The fourth-order valence-electron chi connectivity index (χ4n) is 1.11. The van der Waals surface area contributed by atoms with Crippen molar-refractivity contribution in [1.29, 1.82) is 0 Å². The van der Waals surface area contributed by atoms with Crippen LogP contribution < -0.4 is 11.1 Å². The van der Waals surface area contributed by atoms with Crippen molar-refractivity contribution in [3.63, 3.8) is 0 Å². The maximum absolute atomic E-state index is 11.2. The van der Waals surface area contributed by atoms with Crippen LogP contribution in [0.4, 0.5) is 10.5 Å². The number of rotatable bonds is 3. The zero-order chi connectivity index (χ0) is 12.8. The first-order valence-electron chi connectivity index (χ1n) is 4.79. The second-order valence-corrected chi connectivity index (χ2v) is 3.88. The molecule has 4 N–H and O–H groups in total. The van der Waals surface area contributed by atoms with E-state index in [9.17, 15) is 4.79 Å². The number of anilines is 1. The summed E-state index contributed by atoms with van der Waals surface area (Å²) < 4.78 is 5.35. The summed E-state index contributed by atoms with van der Waals surface area (Å²) in [6.07, 6.45) is -0.537. The van der Waals surface area contributed by atoms with Crippen LogP contribution in [0.15, 0.2) is 27.8 Å². The average Bonchev–Trinajstić information content (AvgIpc) is 2.31. The molecule has 17 heavy (non-hydrogen) atoms. The second kappa shape index (κ2) is 6.09. The Labute approximate surface area is 107 Å². The lowest BCUT2D eigenvalue weighted by Crippen LogP contribution is -2.15. The molecule has 0 saturated heterocycles. The van der Waals surface area contributed by atoms with Crippen LogP contribution in [-0.4, -0.2) is 23.7 Å². The Hall–Kier alpha value is -1.76. The minimum absolute atomic E-state index is 0.00613. The van der Waals surface area contributed by atoms with Crippen LogP contribution in [0.5, 0.6) is 0 Å². The second-order valence-electron chi connectivity index (χ2n) is 3.03. The molecule has 0 saturated carbocycles. The van der Waals surface area contributed by atoms with Gasteiger partial charge >= 0.3 is 6.09 Å². The Morgan fingerprint density at radius 2 is 2.35 bits per heavy atom. The van der Waals surface area contributed by atoms with E-state index in [1.807, 2.05) is 0 Å². The zero-order valence-electron chi connectivity index (χ0n) is 9.11. The Kier molecular flexibility index (Phi) is 4.77. The molecule has 1 aromatic rings. The average molecular weight is 302 g/mol. The molecule has 0 fully saturated rings. The van der Waals surface area contributed by atoms with Crippen LogP contribution in [0, 0.1) is 0 Å². The predicted molar refractivity (Wildman–Crippen MR) is 67.3 cm³/mol. The molecule has 0 aliphatic rings. The van der Waals surface area contributed by atoms with Crippen LogP contribution in [0.3, 0.4) is 0 Å². The quantitative estimate of drug-likeness (QED) is 0.345. The van der Waals surface area contributed by atoms with Crippen LogP contribution in [0.2, 0.25) is 0 Å². The van der Waals surface area contributed by atoms with Gasteiger partial charge in [0.1, 0.15) is 0 Å². The predicted octanol–water partition coefficient (Wildman–Crippen LogP) is 2.11. The Morgan fingerprint density at radius 1 is 1.65 bits per heavy atom. The van der Waals surface area contributed by atoms with Gasteiger partial charge in [0.05, 0.1) is 12.3 Å². The summed E-state index contributed by atoms with van der Waals surface area (Å²) in [5.74, 6) is -0.00613. The van der Waals surface area contributed by atoms with Gasteiger partial charge in [-0.25, -0.2) is 4.79 Å². The number of amides is 1. The largest absolute Gasteiger partial charge is 0.450 e. The van der Waals surface area contributed by atoms with Crippen LogP contribution in [0.25, 0.3) is 0 Å². The first-order valence-corrected chi connectivity index (χ1v) is 5.59. The maximum atomic E-state index is 11.2. The summed E-state index contributed by atoms with van der Waals surface area (Å²) in [5, 5.41) is 13.9. The monoisotopic (exact) mass is 301 g/mol. The minimum Gasteiger partial charge on any atom is -0.450 e. The highest BCUT2D eigenvalue weighted by atomic mass is 79.9. The minimum atomic E-state index is -0.537. The van der Waals surface area contributed by atoms with Crippen molar-refractivity contribution in [2.24, 2.45) is 10.9 Å². The molecule has 0 radical (unpaired) electrons. The Morgan fingerprint density at radius 3 is 2.88 bits per heavy atom. The van der Waals surface area contributed by atoms with E-state index in [0.29, 0.717) is 22.3 Å². The summed E-state index contributed by atoms with van der Waals surface area (Å²) in [7, 11) is 0. The van der Waals surface area contributed by atoms with Gasteiger partial charge < -0.3 is 15.7 Å². The van der Waals surface area contributed by atoms with Crippen LogP contribution >= 0.6 is 15.9 Å². The maximum Gasteiger partial charge on any atom is 0.411 e. The molecule has 0 spiro atoms. The number of carbonyl (C=O) groups is 1. The summed E-state index contributed by atoms with van der Waals surface area (Å²) in [6, 6.07) is 4.85. The number of nitrogens with two attached hydrogens (primary N) is 1. The van der Waals surface area contributed by atoms with E-state index in [0.717, 1.165) is 0 Å². The van der Waals surface area contributed by atoms with Gasteiger partial charge in [-0.15, -0.1) is 0 Å². The van der Waals surface area contributed by atoms with Gasteiger partial charge in [-0.1, -0.05) is 5.16 Å². The SMILES string of the molecule is CCOC(=O)Nc1ccc(/C(N)=N/O)cc1Br. The molecule has 1 amide bonds. The fourth-order valence-corrected chi connectivity index (χ4v) is 1.59. The molecule has 0 aliphatic heterocycles. The Bertz CT molecular complexity index is 448. The highest BCUT2D eigenvalue weighted by molar-refractivity contribution is 9.10. The Balaban J connectivity index is 2.87. The van der Waals surface area contributed by atoms with Gasteiger partial charge in [0.25, 0.3) is 0 Å². The van der Waals surface area contributed by atoms with Gasteiger partial charge in [0.15, 0.2) is 5.84 Å². The number of halogens is 1. The molecule has 0 aliphatic carbocycles. The standard InChI is InChI=1S/C10H12BrN3O3/c1-2-17-10(15)13-8-4-3-6(5-7(8)11)9(12)14-16/h3-5,16H,2H2,1H3,(H2,12,14)(H,13,15). The molecule has 6 nitrogen and oxygen atoms in total. The van der Waals surface area contributed by atoms with E-state index >= 15 is 0 Å². The lowest BCUT2D eigenvalue weighted by atomic mass is 10.2. The molecular formula is C10H12BrN3O3. The first kappa shape index (κ1) is 13.3. The lowest BCUT2D eigenvalue weighted by Gasteiger charge is -2.08. The highest BCUT2D eigenvalue weighted by Gasteiger charge is 2.08. The number of hydrogen-bond acceptors (Lipinski definition) is 4. The van der Waals surface area contributed by atoms with E-state index < -0.39 is 6.09 Å². The van der Waals surface area contributed by atoms with Gasteiger partial charge in [-0.3, -0.25) is 5.32 Å². The van der Waals surface area contributed by atoms with E-state index in [2.05, 4.69) is 26.4 Å². The number of carbonyl (C=O) groups excluding carboxylic acids is 1. The molecule has 92 valence electrons. The third-order valence-electron chi connectivity index (χ3n) is 1.88. The highest BCUT2D eigenvalue weighted by Crippen LogP contribution is 2.23. The number of ether oxygens (including phenoxy) is 1. The van der Waals surface area contributed by atoms with Gasteiger partial charge in [0, 0.05) is 10.0 Å². The fraction of sp³-hybridized carbons (Fsp3) is 0.200. The zero-order valence-corrected chi connectivity index (χ0v) is 10.7. The first-order chi connectivity index (χ1) is 8.08. The van der Waals surface area contributed by atoms with Crippen molar-refractivity contribution in [3.8, 4) is 0 Å². The summed E-state index contributed by atoms with van der Waals surface area (Å²) in [4.78, 5) is 11.2. The third-order valence-corrected chi connectivity index (χ3v) is 2.54. The number of benzene rings is 1. The summed E-state index contributed by atoms with van der Waals surface area (Å²) in [5.41, 5.74) is 6.50. The number of amidine groups is 1. The smallest absolute Gasteiger partial charge is 0.411 e. The van der Waals surface area contributed by atoms with Crippen molar-refractivity contribution in [3.05, 3.63) is 28.2 Å². The van der Waals surface area contributed by atoms with E-state index in [-0.39, 0.29) is 5.84 Å². The molecule has 0 bridgehead atoms. The van der Waals surface area contributed by atoms with Crippen molar-refractivity contribution >= 4 is 33.5 Å². The van der Waals surface area contributed by atoms with Gasteiger partial charge in [-0.05, 0) is 41.1 Å². The molecule has 1 aromatic carbocycles. The number of nitrogens with one attached hydrogen (secondary N) is 1. The molecule has 1 rings (SSSR count). The molecule has 0 heterocycles. The van der Waals surface area contributed by atoms with Crippen molar-refractivity contribution in [1.82, 2.24) is 0 Å². The molecule has 0 aromatic heterocycles. The van der Waals surface area contributed by atoms with E-state index in [1.54, 1.807) is 25.1 Å². The van der Waals surface area contributed by atoms with Crippen molar-refractivity contribution < 1.29 is 14.7 Å². The lowest BCUT2D eigenvalue weighted by molar-refractivity contribution is 0.168. The van der Waals surface area contributed by atoms with Gasteiger partial charge in [-0.2, -0.15) is 0 Å². The van der Waals surface area contributed by atoms with Crippen LogP contribution in [-0.2, 0) is 4.74 Å². The number of oxime groups is 1. The number of nitrogens with zero attached hydrogens (tertiary/aromatic N) is 1. The normalized spacial score (nSPS) is 11.1.